The summed E-state index contributed by atoms with van der Waals surface area (Å²) in [6.07, 6.45) is -0.300. The van der Waals surface area contributed by atoms with Crippen molar-refractivity contribution in [1.82, 2.24) is 24.8 Å². The minimum absolute atomic E-state index is 0.0332. The van der Waals surface area contributed by atoms with E-state index in [1.165, 1.54) is 0 Å². The molecule has 1 amide bonds. The third-order valence-electron chi connectivity index (χ3n) is 5.12. The first-order valence-electron chi connectivity index (χ1n) is 10.2. The van der Waals surface area contributed by atoms with Crippen molar-refractivity contribution in [3.63, 3.8) is 0 Å². The van der Waals surface area contributed by atoms with Crippen LogP contribution in [0.15, 0.2) is 12.1 Å². The number of nitrogens with two attached hydrogens (primary N) is 1. The first kappa shape index (κ1) is 20.8. The number of hydrogen-bond donors (Lipinski definition) is 2. The molecule has 2 aromatic heterocycles. The zero-order chi connectivity index (χ0) is 22.1. The van der Waals surface area contributed by atoms with Gasteiger partial charge in [-0.2, -0.15) is 14.4 Å². The topological polar surface area (TPSA) is 117 Å². The third kappa shape index (κ3) is 4.37. The van der Waals surface area contributed by atoms with E-state index in [2.05, 4.69) is 20.3 Å². The molecule has 10 heteroatoms. The Morgan fingerprint density at radius 2 is 2.00 bits per heavy atom. The van der Waals surface area contributed by atoms with Gasteiger partial charge < -0.3 is 25.1 Å². The van der Waals surface area contributed by atoms with Crippen LogP contribution >= 0.6 is 0 Å². The molecule has 3 aromatic rings. The molecule has 0 bridgehead atoms. The molecule has 0 fully saturated rings. The van der Waals surface area contributed by atoms with Gasteiger partial charge in [0, 0.05) is 25.9 Å². The fourth-order valence-electron chi connectivity index (χ4n) is 3.48. The predicted octanol–water partition coefficient (Wildman–Crippen LogP) is 2.34. The van der Waals surface area contributed by atoms with Crippen LogP contribution in [0.4, 0.5) is 10.2 Å². The number of benzene rings is 1. The van der Waals surface area contributed by atoms with Crippen LogP contribution in [0.25, 0.3) is 11.2 Å². The van der Waals surface area contributed by atoms with E-state index < -0.39 is 6.08 Å². The highest BCUT2D eigenvalue weighted by molar-refractivity contribution is 5.82. The highest BCUT2D eigenvalue weighted by Gasteiger charge is 2.21. The molecule has 3 N–H and O–H groups in total. The number of halogens is 1. The molecule has 1 aliphatic heterocycles. The molecule has 0 atom stereocenters. The highest BCUT2D eigenvalue weighted by Crippen LogP contribution is 2.35. The van der Waals surface area contributed by atoms with Crippen molar-refractivity contribution in [1.29, 1.82) is 0 Å². The van der Waals surface area contributed by atoms with Crippen LogP contribution in [-0.2, 0) is 17.8 Å². The van der Waals surface area contributed by atoms with Crippen LogP contribution < -0.4 is 20.5 Å². The van der Waals surface area contributed by atoms with Gasteiger partial charge in [-0.3, -0.25) is 4.79 Å². The summed E-state index contributed by atoms with van der Waals surface area (Å²) in [5.41, 5.74) is 8.45. The molecule has 4 rings (SSSR count). The molecular weight excluding hydrogens is 403 g/mol. The second-order valence-corrected chi connectivity index (χ2v) is 7.99. The van der Waals surface area contributed by atoms with E-state index in [1.807, 2.05) is 32.9 Å². The summed E-state index contributed by atoms with van der Waals surface area (Å²) in [5.74, 6) is 2.21. The number of nitrogens with one attached hydrogen (secondary N) is 1. The average molecular weight is 428 g/mol. The maximum absolute atomic E-state index is 13.9. The van der Waals surface area contributed by atoms with Gasteiger partial charge >= 0.3 is 6.08 Å². The monoisotopic (exact) mass is 428 g/mol. The minimum Gasteiger partial charge on any atom is -0.454 e. The van der Waals surface area contributed by atoms with Crippen LogP contribution in [0, 0.1) is 18.9 Å². The van der Waals surface area contributed by atoms with E-state index in [-0.39, 0.29) is 37.1 Å². The number of anilines is 1. The van der Waals surface area contributed by atoms with Gasteiger partial charge in [-0.25, -0.2) is 4.98 Å². The fourth-order valence-corrected chi connectivity index (χ4v) is 3.48. The molecule has 0 saturated heterocycles. The van der Waals surface area contributed by atoms with E-state index in [9.17, 15) is 9.18 Å². The highest BCUT2D eigenvalue weighted by atomic mass is 19.1. The molecule has 1 aliphatic rings. The Morgan fingerprint density at radius 3 is 2.74 bits per heavy atom. The van der Waals surface area contributed by atoms with Crippen LogP contribution in [0.1, 0.15) is 37.2 Å². The number of nitrogens with zero attached hydrogens (tertiary/aromatic N) is 4. The molecule has 1 aromatic carbocycles. The predicted molar refractivity (Wildman–Crippen MR) is 112 cm³/mol. The Bertz CT molecular complexity index is 1140. The SMILES string of the molecule is Cc1cc2c(cc1Cc1nc3c(N)nc(F)nc3n1CCC(=O)NCC(C)C)OCO2. The van der Waals surface area contributed by atoms with Gasteiger partial charge in [0.2, 0.25) is 12.7 Å². The molecule has 164 valence electrons. The molecule has 0 spiro atoms. The maximum Gasteiger partial charge on any atom is 0.312 e. The molecule has 0 saturated carbocycles. The zero-order valence-electron chi connectivity index (χ0n) is 17.7. The normalized spacial score (nSPS) is 12.7. The molecular formula is C21H25FN6O3. The van der Waals surface area contributed by atoms with Crippen molar-refractivity contribution in [3.8, 4) is 11.5 Å². The number of aryl methyl sites for hydroxylation is 2. The first-order valence-corrected chi connectivity index (χ1v) is 10.2. The average Bonchev–Trinajstić information content (AvgIpc) is 3.29. The summed E-state index contributed by atoms with van der Waals surface area (Å²) in [5, 5.41) is 2.89. The van der Waals surface area contributed by atoms with Crippen molar-refractivity contribution in [3.05, 3.63) is 35.2 Å². The number of amides is 1. The first-order chi connectivity index (χ1) is 14.8. The fraction of sp³-hybridized carbons (Fsp3) is 0.429. The van der Waals surface area contributed by atoms with Gasteiger partial charge in [-0.05, 0) is 36.1 Å². The molecule has 0 radical (unpaired) electrons. The van der Waals surface area contributed by atoms with Gasteiger partial charge in [0.1, 0.15) is 5.82 Å². The Labute approximate surface area is 178 Å². The summed E-state index contributed by atoms with van der Waals surface area (Å²) in [7, 11) is 0. The number of hydrogen-bond acceptors (Lipinski definition) is 7. The lowest BCUT2D eigenvalue weighted by atomic mass is 10.0. The van der Waals surface area contributed by atoms with Crippen molar-refractivity contribution in [2.75, 3.05) is 19.1 Å². The Kier molecular flexibility index (Phi) is 5.62. The molecule has 3 heterocycles. The second kappa shape index (κ2) is 8.37. The molecule has 9 nitrogen and oxygen atoms in total. The second-order valence-electron chi connectivity index (χ2n) is 7.99. The number of ether oxygens (including phenoxy) is 2. The summed E-state index contributed by atoms with van der Waals surface area (Å²) in [6.45, 7) is 7.09. The number of imidazole rings is 1. The summed E-state index contributed by atoms with van der Waals surface area (Å²) < 4.78 is 26.5. The van der Waals surface area contributed by atoms with E-state index >= 15 is 0 Å². The number of fused-ring (bicyclic) bond motifs is 2. The van der Waals surface area contributed by atoms with E-state index in [1.54, 1.807) is 4.57 Å². The largest absolute Gasteiger partial charge is 0.454 e. The van der Waals surface area contributed by atoms with E-state index in [0.29, 0.717) is 41.7 Å². The van der Waals surface area contributed by atoms with E-state index in [0.717, 1.165) is 11.1 Å². The lowest BCUT2D eigenvalue weighted by molar-refractivity contribution is -0.121. The number of nitrogen functional groups attached to an aromatic ring is 1. The molecule has 0 unspecified atom stereocenters. The number of rotatable bonds is 7. The number of aromatic nitrogens is 4. The summed E-state index contributed by atoms with van der Waals surface area (Å²) in [4.78, 5) is 24.3. The van der Waals surface area contributed by atoms with Crippen molar-refractivity contribution >= 4 is 22.9 Å². The van der Waals surface area contributed by atoms with Gasteiger partial charge in [0.25, 0.3) is 0 Å². The van der Waals surface area contributed by atoms with Crippen molar-refractivity contribution in [2.24, 2.45) is 5.92 Å². The quantitative estimate of drug-likeness (QED) is 0.555. The third-order valence-corrected chi connectivity index (χ3v) is 5.12. The molecule has 0 aliphatic carbocycles. The Morgan fingerprint density at radius 1 is 1.26 bits per heavy atom. The van der Waals surface area contributed by atoms with Crippen LogP contribution in [0.2, 0.25) is 0 Å². The van der Waals surface area contributed by atoms with Gasteiger partial charge in [0.05, 0.1) is 0 Å². The van der Waals surface area contributed by atoms with Gasteiger partial charge in [-0.1, -0.05) is 13.8 Å². The summed E-state index contributed by atoms with van der Waals surface area (Å²) in [6, 6.07) is 3.82. The number of carbonyl (C=O) groups excluding carboxylic acids is 1. The standard InChI is InChI=1S/C21H25FN6O3/c1-11(2)9-24-17(29)4-5-28-16(25-18-19(23)26-21(22)27-20(18)28)8-13-7-15-14(6-12(13)3)30-10-31-15/h6-7,11H,4-5,8-10H2,1-3H3,(H,24,29)(H2,23,26,27). The zero-order valence-corrected chi connectivity index (χ0v) is 17.7. The summed E-state index contributed by atoms with van der Waals surface area (Å²) >= 11 is 0. The van der Waals surface area contributed by atoms with Crippen molar-refractivity contribution in [2.45, 2.75) is 40.2 Å². The Hall–Kier alpha value is -3.43. The Balaban J connectivity index is 1.67. The minimum atomic E-state index is -0.929. The lowest BCUT2D eigenvalue weighted by Crippen LogP contribution is -2.28. The maximum atomic E-state index is 13.9. The lowest BCUT2D eigenvalue weighted by Gasteiger charge is -2.12. The molecule has 31 heavy (non-hydrogen) atoms. The number of carbonyl (C=O) groups is 1. The van der Waals surface area contributed by atoms with Gasteiger partial charge in [-0.15, -0.1) is 0 Å². The van der Waals surface area contributed by atoms with Gasteiger partial charge in [0.15, 0.2) is 28.5 Å². The smallest absolute Gasteiger partial charge is 0.312 e. The van der Waals surface area contributed by atoms with Crippen molar-refractivity contribution < 1.29 is 18.7 Å². The van der Waals surface area contributed by atoms with Crippen LogP contribution in [0.5, 0.6) is 11.5 Å². The van der Waals surface area contributed by atoms with Crippen LogP contribution in [0.3, 0.4) is 0 Å². The van der Waals surface area contributed by atoms with Crippen LogP contribution in [-0.4, -0.2) is 38.8 Å². The van der Waals surface area contributed by atoms with E-state index in [4.69, 9.17) is 15.2 Å².